The summed E-state index contributed by atoms with van der Waals surface area (Å²) in [5.74, 6) is -2.86. The molecular weight excluding hydrogens is 443 g/mol. The molecule has 2 aromatic carbocycles. The van der Waals surface area contributed by atoms with Crippen molar-refractivity contribution < 1.29 is 28.6 Å². The first-order valence-electron chi connectivity index (χ1n) is 10.9. The Bertz CT molecular complexity index is 1060. The molecule has 2 amide bonds. The van der Waals surface area contributed by atoms with Crippen LogP contribution >= 0.6 is 0 Å². The van der Waals surface area contributed by atoms with E-state index in [1.165, 1.54) is 24.3 Å². The molecule has 0 saturated carbocycles. The monoisotopic (exact) mass is 470 g/mol. The molecule has 0 aromatic heterocycles. The first-order valence-corrected chi connectivity index (χ1v) is 10.9. The van der Waals surface area contributed by atoms with Gasteiger partial charge in [0.2, 0.25) is 0 Å². The number of hydrogen-bond acceptors (Lipinski definition) is 5. The summed E-state index contributed by atoms with van der Waals surface area (Å²) < 4.78 is 19.1. The Morgan fingerprint density at radius 3 is 2.44 bits per heavy atom. The predicted molar refractivity (Wildman–Crippen MR) is 122 cm³/mol. The van der Waals surface area contributed by atoms with E-state index in [2.05, 4.69) is 5.32 Å². The largest absolute Gasteiger partial charge is 0.494 e. The molecule has 1 unspecified atom stereocenters. The molecule has 2 aromatic rings. The number of nitrogens with zero attached hydrogens (tertiary/aromatic N) is 1. The van der Waals surface area contributed by atoms with Crippen LogP contribution in [0, 0.1) is 11.2 Å². The predicted octanol–water partition coefficient (Wildman–Crippen LogP) is 1.68. The van der Waals surface area contributed by atoms with E-state index in [0.29, 0.717) is 36.3 Å². The SMILES string of the molecule is N=C(N)c1ccc(OCCCCC(Cc2ccc(F)cc2)(C(=O)O)N2CCNC(=O)C2=O)cc1. The van der Waals surface area contributed by atoms with Crippen molar-refractivity contribution in [3.63, 3.8) is 0 Å². The van der Waals surface area contributed by atoms with E-state index in [-0.39, 0.29) is 31.8 Å². The summed E-state index contributed by atoms with van der Waals surface area (Å²) in [4.78, 5) is 38.3. The maximum absolute atomic E-state index is 13.4. The lowest BCUT2D eigenvalue weighted by Crippen LogP contribution is -2.65. The van der Waals surface area contributed by atoms with Gasteiger partial charge in [-0.2, -0.15) is 0 Å². The molecule has 1 aliphatic heterocycles. The van der Waals surface area contributed by atoms with Crippen molar-refractivity contribution in [3.05, 3.63) is 65.5 Å². The Morgan fingerprint density at radius 2 is 1.82 bits per heavy atom. The second kappa shape index (κ2) is 10.8. The van der Waals surface area contributed by atoms with Gasteiger partial charge in [-0.05, 0) is 61.2 Å². The van der Waals surface area contributed by atoms with Crippen LogP contribution < -0.4 is 15.8 Å². The Balaban J connectivity index is 1.71. The van der Waals surface area contributed by atoms with Crippen LogP contribution in [0.1, 0.15) is 30.4 Å². The fourth-order valence-corrected chi connectivity index (χ4v) is 3.99. The lowest BCUT2D eigenvalue weighted by Gasteiger charge is -2.42. The van der Waals surface area contributed by atoms with Gasteiger partial charge >= 0.3 is 17.8 Å². The molecule has 5 N–H and O–H groups in total. The Kier molecular flexibility index (Phi) is 7.83. The number of hydrogen-bond donors (Lipinski definition) is 4. The highest BCUT2D eigenvalue weighted by Crippen LogP contribution is 2.29. The number of carboxylic acid groups (broad SMARTS) is 1. The third kappa shape index (κ3) is 5.69. The van der Waals surface area contributed by atoms with Crippen LogP contribution in [0.2, 0.25) is 0 Å². The minimum absolute atomic E-state index is 0.0429. The second-order valence-corrected chi connectivity index (χ2v) is 8.10. The standard InChI is InChI=1S/C24H27FN4O5/c25-18-7-3-16(4-8-18)15-24(23(32)33,29-13-12-28-21(30)22(29)31)11-1-2-14-34-19-9-5-17(6-10-19)20(26)27/h3-10H,1-2,11-15H2,(H3,26,27)(H,28,30)(H,32,33). The number of nitrogens with one attached hydrogen (secondary N) is 2. The number of carboxylic acids is 1. The van der Waals surface area contributed by atoms with E-state index < -0.39 is 29.1 Å². The van der Waals surface area contributed by atoms with E-state index in [9.17, 15) is 23.9 Å². The Labute approximate surface area is 196 Å². The van der Waals surface area contributed by atoms with Crippen LogP contribution in [0.5, 0.6) is 5.75 Å². The molecule has 1 aliphatic rings. The number of carbonyl (C=O) groups is 3. The van der Waals surface area contributed by atoms with Crippen LogP contribution in [-0.4, -0.2) is 58.9 Å². The molecule has 3 rings (SSSR count). The van der Waals surface area contributed by atoms with Gasteiger partial charge in [-0.1, -0.05) is 12.1 Å². The molecule has 10 heteroatoms. The number of benzene rings is 2. The Hall–Kier alpha value is -3.95. The molecule has 1 fully saturated rings. The Morgan fingerprint density at radius 1 is 1.15 bits per heavy atom. The maximum atomic E-state index is 13.4. The molecule has 34 heavy (non-hydrogen) atoms. The van der Waals surface area contributed by atoms with Gasteiger partial charge in [0.05, 0.1) is 6.61 Å². The fraction of sp³-hybridized carbons (Fsp3) is 0.333. The van der Waals surface area contributed by atoms with Gasteiger partial charge in [-0.25, -0.2) is 9.18 Å². The third-order valence-electron chi connectivity index (χ3n) is 5.80. The minimum atomic E-state index is -1.66. The summed E-state index contributed by atoms with van der Waals surface area (Å²) in [6.07, 6.45) is 0.936. The summed E-state index contributed by atoms with van der Waals surface area (Å²) in [7, 11) is 0. The van der Waals surface area contributed by atoms with Crippen molar-refractivity contribution in [2.75, 3.05) is 19.7 Å². The fourth-order valence-electron chi connectivity index (χ4n) is 3.99. The summed E-state index contributed by atoms with van der Waals surface area (Å²) in [5, 5.41) is 20.1. The number of nitrogens with two attached hydrogens (primary N) is 1. The second-order valence-electron chi connectivity index (χ2n) is 8.10. The van der Waals surface area contributed by atoms with Gasteiger partial charge in [-0.15, -0.1) is 0 Å². The number of amidine groups is 1. The van der Waals surface area contributed by atoms with E-state index in [1.807, 2.05) is 0 Å². The summed E-state index contributed by atoms with van der Waals surface area (Å²) in [6.45, 7) is 0.527. The third-order valence-corrected chi connectivity index (χ3v) is 5.80. The van der Waals surface area contributed by atoms with Crippen LogP contribution in [0.4, 0.5) is 4.39 Å². The summed E-state index contributed by atoms with van der Waals surface area (Å²) in [6, 6.07) is 12.2. The lowest BCUT2D eigenvalue weighted by molar-refractivity contribution is -0.165. The zero-order chi connectivity index (χ0) is 24.7. The van der Waals surface area contributed by atoms with Crippen molar-refractivity contribution in [1.82, 2.24) is 10.2 Å². The number of aliphatic carboxylic acids is 1. The number of nitrogen functional groups attached to an aromatic ring is 1. The zero-order valence-corrected chi connectivity index (χ0v) is 18.6. The van der Waals surface area contributed by atoms with Crippen molar-refractivity contribution >= 4 is 23.6 Å². The molecule has 0 bridgehead atoms. The molecule has 0 radical (unpaired) electrons. The van der Waals surface area contributed by atoms with Crippen LogP contribution in [0.15, 0.2) is 48.5 Å². The van der Waals surface area contributed by atoms with E-state index >= 15 is 0 Å². The first-order chi connectivity index (χ1) is 16.2. The van der Waals surface area contributed by atoms with Crippen LogP contribution in [0.3, 0.4) is 0 Å². The molecule has 0 aliphatic carbocycles. The highest BCUT2D eigenvalue weighted by molar-refractivity contribution is 6.36. The normalized spacial score (nSPS) is 15.4. The molecule has 180 valence electrons. The van der Waals surface area contributed by atoms with Crippen molar-refractivity contribution in [2.45, 2.75) is 31.2 Å². The number of ether oxygens (including phenoxy) is 1. The zero-order valence-electron chi connectivity index (χ0n) is 18.6. The molecule has 9 nitrogen and oxygen atoms in total. The number of carbonyl (C=O) groups excluding carboxylic acids is 2. The average Bonchev–Trinajstić information content (AvgIpc) is 2.81. The van der Waals surface area contributed by atoms with Gasteiger partial charge in [-0.3, -0.25) is 15.0 Å². The molecular formula is C24H27FN4O5. The van der Waals surface area contributed by atoms with E-state index in [1.54, 1.807) is 24.3 Å². The molecule has 1 atom stereocenters. The summed E-state index contributed by atoms with van der Waals surface area (Å²) in [5.41, 5.74) is 4.90. The summed E-state index contributed by atoms with van der Waals surface area (Å²) >= 11 is 0. The maximum Gasteiger partial charge on any atom is 0.329 e. The number of rotatable bonds is 11. The minimum Gasteiger partial charge on any atom is -0.494 e. The van der Waals surface area contributed by atoms with Crippen molar-refractivity contribution in [2.24, 2.45) is 5.73 Å². The number of amides is 2. The first kappa shape index (κ1) is 24.7. The average molecular weight is 471 g/mol. The van der Waals surface area contributed by atoms with Crippen molar-refractivity contribution in [3.8, 4) is 5.75 Å². The van der Waals surface area contributed by atoms with Crippen LogP contribution in [-0.2, 0) is 20.8 Å². The number of unbranched alkanes of at least 4 members (excludes halogenated alkanes) is 1. The highest BCUT2D eigenvalue weighted by atomic mass is 19.1. The van der Waals surface area contributed by atoms with E-state index in [0.717, 1.165) is 4.90 Å². The molecule has 1 heterocycles. The number of piperazine rings is 1. The lowest BCUT2D eigenvalue weighted by atomic mass is 9.83. The van der Waals surface area contributed by atoms with Crippen LogP contribution in [0.25, 0.3) is 0 Å². The van der Waals surface area contributed by atoms with Crippen molar-refractivity contribution in [1.29, 1.82) is 5.41 Å². The molecule has 0 spiro atoms. The molecule has 1 saturated heterocycles. The van der Waals surface area contributed by atoms with Gasteiger partial charge < -0.3 is 25.8 Å². The van der Waals surface area contributed by atoms with Gasteiger partial charge in [0.1, 0.15) is 22.9 Å². The smallest absolute Gasteiger partial charge is 0.329 e. The topological polar surface area (TPSA) is 146 Å². The van der Waals surface area contributed by atoms with Gasteiger partial charge in [0, 0.05) is 25.1 Å². The van der Waals surface area contributed by atoms with E-state index in [4.69, 9.17) is 15.9 Å². The van der Waals surface area contributed by atoms with Gasteiger partial charge in [0.15, 0.2) is 0 Å². The quantitative estimate of drug-likeness (QED) is 0.170. The van der Waals surface area contributed by atoms with Gasteiger partial charge in [0.25, 0.3) is 0 Å². The number of halogens is 1. The highest BCUT2D eigenvalue weighted by Gasteiger charge is 2.48.